The third kappa shape index (κ3) is 8.80. The van der Waals surface area contributed by atoms with Crippen molar-refractivity contribution in [2.24, 2.45) is 0 Å². The van der Waals surface area contributed by atoms with Crippen LogP contribution in [-0.2, 0) is 17.7 Å². The standard InChI is InChI=1S/C37H43N5OS/c1-37(2,3)33-26-34(42-24-22-41(23-25-42)21-11-16-29-12-7-5-8-13-29)39-36(38-33)44-28-31-17-19-32(20-18-31)35(43)40(4)27-30-14-9-6-10-15-30/h5-20,26H,21-25,27-28H2,1-4H3. The van der Waals surface area contributed by atoms with Crippen LogP contribution in [0.2, 0.25) is 0 Å². The Balaban J connectivity index is 1.18. The molecule has 5 rings (SSSR count). The lowest BCUT2D eigenvalue weighted by Crippen LogP contribution is -2.46. The highest BCUT2D eigenvalue weighted by atomic mass is 32.2. The molecule has 1 aliphatic rings. The molecule has 7 heteroatoms. The van der Waals surface area contributed by atoms with Crippen LogP contribution in [0.15, 0.2) is 102 Å². The SMILES string of the molecule is CN(Cc1ccccc1)C(=O)c1ccc(CSc2nc(N3CCN(CC=Cc4ccccc4)CC3)cc(C(C)(C)C)n2)cc1. The number of carbonyl (C=O) groups excluding carboxylic acids is 1. The second kappa shape index (κ2) is 14.7. The summed E-state index contributed by atoms with van der Waals surface area (Å²) in [5.41, 5.74) is 5.17. The third-order valence-electron chi connectivity index (χ3n) is 7.81. The van der Waals surface area contributed by atoms with Crippen molar-refractivity contribution < 1.29 is 4.79 Å². The molecular formula is C37H43N5OS. The van der Waals surface area contributed by atoms with Gasteiger partial charge in [0.1, 0.15) is 5.82 Å². The average molecular weight is 606 g/mol. The van der Waals surface area contributed by atoms with Gasteiger partial charge in [0.05, 0.1) is 5.69 Å². The predicted molar refractivity (Wildman–Crippen MR) is 183 cm³/mol. The van der Waals surface area contributed by atoms with Crippen LogP contribution < -0.4 is 4.90 Å². The molecule has 1 aliphatic heterocycles. The van der Waals surface area contributed by atoms with E-state index in [4.69, 9.17) is 9.97 Å². The Labute approximate surface area is 266 Å². The molecule has 0 radical (unpaired) electrons. The van der Waals surface area contributed by atoms with Gasteiger partial charge in [-0.2, -0.15) is 0 Å². The summed E-state index contributed by atoms with van der Waals surface area (Å²) in [7, 11) is 1.85. The van der Waals surface area contributed by atoms with E-state index >= 15 is 0 Å². The molecule has 1 saturated heterocycles. The molecule has 2 heterocycles. The number of amides is 1. The number of anilines is 1. The predicted octanol–water partition coefficient (Wildman–Crippen LogP) is 7.17. The molecule has 0 spiro atoms. The number of piperazine rings is 1. The molecule has 0 bridgehead atoms. The van der Waals surface area contributed by atoms with Crippen LogP contribution in [0.5, 0.6) is 0 Å². The largest absolute Gasteiger partial charge is 0.354 e. The Kier molecular flexibility index (Phi) is 10.5. The number of carbonyl (C=O) groups is 1. The van der Waals surface area contributed by atoms with E-state index < -0.39 is 0 Å². The Hall–Kier alpha value is -3.94. The summed E-state index contributed by atoms with van der Waals surface area (Å²) >= 11 is 1.65. The summed E-state index contributed by atoms with van der Waals surface area (Å²) < 4.78 is 0. The van der Waals surface area contributed by atoms with Gasteiger partial charge in [0.15, 0.2) is 5.16 Å². The number of nitrogens with zero attached hydrogens (tertiary/aromatic N) is 5. The van der Waals surface area contributed by atoms with E-state index in [9.17, 15) is 4.79 Å². The van der Waals surface area contributed by atoms with Crippen molar-refractivity contribution in [3.05, 3.63) is 125 Å². The first kappa shape index (κ1) is 31.5. The molecule has 1 amide bonds. The summed E-state index contributed by atoms with van der Waals surface area (Å²) in [6.07, 6.45) is 4.46. The van der Waals surface area contributed by atoms with Gasteiger partial charge in [-0.1, -0.05) is 117 Å². The topological polar surface area (TPSA) is 52.6 Å². The fraction of sp³-hybridized carbons (Fsp3) is 0.324. The number of aromatic nitrogens is 2. The molecule has 3 aromatic carbocycles. The molecule has 1 aromatic heterocycles. The van der Waals surface area contributed by atoms with E-state index in [-0.39, 0.29) is 11.3 Å². The second-order valence-electron chi connectivity index (χ2n) is 12.4. The van der Waals surface area contributed by atoms with Crippen molar-refractivity contribution in [2.75, 3.05) is 44.7 Å². The van der Waals surface area contributed by atoms with Gasteiger partial charge in [-0.15, -0.1) is 0 Å². The third-order valence-corrected chi connectivity index (χ3v) is 8.73. The van der Waals surface area contributed by atoms with Crippen LogP contribution in [0.3, 0.4) is 0 Å². The molecule has 0 aliphatic carbocycles. The molecule has 44 heavy (non-hydrogen) atoms. The number of hydrogen-bond acceptors (Lipinski definition) is 6. The van der Waals surface area contributed by atoms with Crippen LogP contribution in [0.25, 0.3) is 6.08 Å². The molecule has 4 aromatic rings. The highest BCUT2D eigenvalue weighted by molar-refractivity contribution is 7.98. The smallest absolute Gasteiger partial charge is 0.253 e. The van der Waals surface area contributed by atoms with E-state index in [1.807, 2.05) is 67.7 Å². The Morgan fingerprint density at radius 2 is 1.52 bits per heavy atom. The zero-order valence-corrected chi connectivity index (χ0v) is 27.1. The Morgan fingerprint density at radius 3 is 2.18 bits per heavy atom. The van der Waals surface area contributed by atoms with Gasteiger partial charge < -0.3 is 9.80 Å². The van der Waals surface area contributed by atoms with Crippen LogP contribution in [0, 0.1) is 0 Å². The first-order chi connectivity index (χ1) is 21.2. The first-order valence-corrected chi connectivity index (χ1v) is 16.3. The van der Waals surface area contributed by atoms with Gasteiger partial charge in [0.25, 0.3) is 5.91 Å². The molecule has 0 atom stereocenters. The van der Waals surface area contributed by atoms with Crippen molar-refractivity contribution in [3.63, 3.8) is 0 Å². The van der Waals surface area contributed by atoms with E-state index in [1.54, 1.807) is 16.7 Å². The highest BCUT2D eigenvalue weighted by Crippen LogP contribution is 2.29. The lowest BCUT2D eigenvalue weighted by Gasteiger charge is -2.35. The summed E-state index contributed by atoms with van der Waals surface area (Å²) in [6.45, 7) is 12.0. The average Bonchev–Trinajstić information content (AvgIpc) is 3.04. The maximum Gasteiger partial charge on any atom is 0.253 e. The molecular weight excluding hydrogens is 563 g/mol. The van der Waals surface area contributed by atoms with E-state index in [0.717, 1.165) is 66.3 Å². The molecule has 0 N–H and O–H groups in total. The quantitative estimate of drug-likeness (QED) is 0.141. The molecule has 1 fully saturated rings. The Bertz CT molecular complexity index is 1530. The van der Waals surface area contributed by atoms with Gasteiger partial charge in [-0.25, -0.2) is 9.97 Å². The van der Waals surface area contributed by atoms with Gasteiger partial charge in [-0.05, 0) is 28.8 Å². The zero-order chi connectivity index (χ0) is 30.9. The number of rotatable bonds is 10. The molecule has 228 valence electrons. The fourth-order valence-corrected chi connectivity index (χ4v) is 5.94. The normalized spacial score (nSPS) is 14.2. The van der Waals surface area contributed by atoms with Crippen molar-refractivity contribution in [3.8, 4) is 0 Å². The minimum atomic E-state index is -0.0785. The minimum Gasteiger partial charge on any atom is -0.354 e. The first-order valence-electron chi connectivity index (χ1n) is 15.3. The summed E-state index contributed by atoms with van der Waals surface area (Å²) in [6, 6.07) is 30.6. The van der Waals surface area contributed by atoms with E-state index in [0.29, 0.717) is 12.1 Å². The Morgan fingerprint density at radius 1 is 0.864 bits per heavy atom. The lowest BCUT2D eigenvalue weighted by atomic mass is 9.92. The highest BCUT2D eigenvalue weighted by Gasteiger charge is 2.23. The fourth-order valence-electron chi connectivity index (χ4n) is 5.13. The van der Waals surface area contributed by atoms with E-state index in [1.165, 1.54) is 5.56 Å². The van der Waals surface area contributed by atoms with Gasteiger partial charge >= 0.3 is 0 Å². The molecule has 0 saturated carbocycles. The zero-order valence-electron chi connectivity index (χ0n) is 26.3. The van der Waals surface area contributed by atoms with Gasteiger partial charge in [0.2, 0.25) is 0 Å². The van der Waals surface area contributed by atoms with E-state index in [2.05, 4.69) is 73.1 Å². The molecule has 0 unspecified atom stereocenters. The minimum absolute atomic E-state index is 0.0197. The number of hydrogen-bond donors (Lipinski definition) is 0. The van der Waals surface area contributed by atoms with Crippen molar-refractivity contribution in [1.29, 1.82) is 0 Å². The summed E-state index contributed by atoms with van der Waals surface area (Å²) in [5.74, 6) is 1.77. The second-order valence-corrected chi connectivity index (χ2v) is 13.3. The van der Waals surface area contributed by atoms with Crippen molar-refractivity contribution in [1.82, 2.24) is 19.8 Å². The van der Waals surface area contributed by atoms with Crippen LogP contribution in [0.4, 0.5) is 5.82 Å². The monoisotopic (exact) mass is 605 g/mol. The number of thioether (sulfide) groups is 1. The maximum absolute atomic E-state index is 13.0. The van der Waals surface area contributed by atoms with Gasteiger partial charge in [-0.3, -0.25) is 9.69 Å². The van der Waals surface area contributed by atoms with Crippen molar-refractivity contribution in [2.45, 2.75) is 43.6 Å². The summed E-state index contributed by atoms with van der Waals surface area (Å²) in [5, 5.41) is 0.795. The van der Waals surface area contributed by atoms with Crippen LogP contribution in [-0.4, -0.2) is 65.4 Å². The summed E-state index contributed by atoms with van der Waals surface area (Å²) in [4.78, 5) is 29.6. The number of benzene rings is 3. The molecule has 6 nitrogen and oxygen atoms in total. The van der Waals surface area contributed by atoms with Crippen LogP contribution in [0.1, 0.15) is 53.5 Å². The maximum atomic E-state index is 13.0. The lowest BCUT2D eigenvalue weighted by molar-refractivity contribution is 0.0785. The van der Waals surface area contributed by atoms with Crippen LogP contribution >= 0.6 is 11.8 Å². The van der Waals surface area contributed by atoms with Crippen molar-refractivity contribution >= 4 is 29.6 Å². The van der Waals surface area contributed by atoms with Gasteiger partial charge in [0, 0.05) is 69.1 Å².